The second-order valence-corrected chi connectivity index (χ2v) is 5.47. The van der Waals surface area contributed by atoms with E-state index in [9.17, 15) is 0 Å². The number of rotatable bonds is 4. The summed E-state index contributed by atoms with van der Waals surface area (Å²) in [6.45, 7) is 2.78. The van der Waals surface area contributed by atoms with E-state index in [1.807, 2.05) is 13.0 Å². The van der Waals surface area contributed by atoms with Crippen molar-refractivity contribution in [1.29, 1.82) is 0 Å². The molecule has 0 unspecified atom stereocenters. The van der Waals surface area contributed by atoms with Gasteiger partial charge in [0.25, 0.3) is 0 Å². The standard InChI is InChI=1S/C17H20N4/c1-12-19-16-9-6-14(10-17(16)20-12)18-11-13-4-7-15(8-5-13)21(2)3/h4-10,18H,11H2,1-3H3,(H,19,20). The molecule has 0 aliphatic heterocycles. The molecule has 2 aromatic carbocycles. The molecule has 4 nitrogen and oxygen atoms in total. The Balaban J connectivity index is 1.70. The lowest BCUT2D eigenvalue weighted by atomic mass is 10.2. The number of fused-ring (bicyclic) bond motifs is 1. The number of aromatic nitrogens is 2. The van der Waals surface area contributed by atoms with Crippen LogP contribution in [-0.2, 0) is 6.54 Å². The van der Waals surface area contributed by atoms with E-state index in [0.29, 0.717) is 0 Å². The van der Waals surface area contributed by atoms with E-state index in [2.05, 4.69) is 70.7 Å². The van der Waals surface area contributed by atoms with Crippen molar-refractivity contribution < 1.29 is 0 Å². The van der Waals surface area contributed by atoms with Crippen LogP contribution >= 0.6 is 0 Å². The fourth-order valence-corrected chi connectivity index (χ4v) is 2.36. The molecule has 3 rings (SSSR count). The van der Waals surface area contributed by atoms with Gasteiger partial charge in [0.1, 0.15) is 5.82 Å². The van der Waals surface area contributed by atoms with Gasteiger partial charge in [-0.3, -0.25) is 0 Å². The smallest absolute Gasteiger partial charge is 0.104 e. The second kappa shape index (κ2) is 5.48. The first-order chi connectivity index (χ1) is 10.1. The van der Waals surface area contributed by atoms with Crippen LogP contribution in [0.5, 0.6) is 0 Å². The third-order valence-electron chi connectivity index (χ3n) is 3.55. The predicted molar refractivity (Wildman–Crippen MR) is 88.9 cm³/mol. The molecular formula is C17H20N4. The SMILES string of the molecule is Cc1nc2ccc(NCc3ccc(N(C)C)cc3)cc2[nH]1. The molecular weight excluding hydrogens is 260 g/mol. The molecule has 0 atom stereocenters. The van der Waals surface area contributed by atoms with Crippen molar-refractivity contribution in [2.45, 2.75) is 13.5 Å². The molecule has 4 heteroatoms. The van der Waals surface area contributed by atoms with Gasteiger partial charge in [0, 0.05) is 32.0 Å². The summed E-state index contributed by atoms with van der Waals surface area (Å²) in [6, 6.07) is 14.8. The highest BCUT2D eigenvalue weighted by atomic mass is 15.1. The van der Waals surface area contributed by atoms with Gasteiger partial charge in [0.15, 0.2) is 0 Å². The molecule has 3 aromatic rings. The third-order valence-corrected chi connectivity index (χ3v) is 3.55. The van der Waals surface area contributed by atoms with Crippen LogP contribution in [0.3, 0.4) is 0 Å². The van der Waals surface area contributed by atoms with Gasteiger partial charge in [-0.05, 0) is 42.8 Å². The number of nitrogens with one attached hydrogen (secondary N) is 2. The van der Waals surface area contributed by atoms with Crippen molar-refractivity contribution in [3.63, 3.8) is 0 Å². The number of benzene rings is 2. The zero-order valence-electron chi connectivity index (χ0n) is 12.6. The Morgan fingerprint density at radius 3 is 2.57 bits per heavy atom. The van der Waals surface area contributed by atoms with E-state index in [-0.39, 0.29) is 0 Å². The Morgan fingerprint density at radius 2 is 1.86 bits per heavy atom. The summed E-state index contributed by atoms with van der Waals surface area (Å²) in [5, 5.41) is 3.45. The summed E-state index contributed by atoms with van der Waals surface area (Å²) in [5.41, 5.74) is 5.66. The van der Waals surface area contributed by atoms with E-state index in [0.717, 1.165) is 29.1 Å². The molecule has 0 radical (unpaired) electrons. The van der Waals surface area contributed by atoms with Crippen LogP contribution in [0.15, 0.2) is 42.5 Å². The van der Waals surface area contributed by atoms with Crippen LogP contribution < -0.4 is 10.2 Å². The van der Waals surface area contributed by atoms with E-state index in [4.69, 9.17) is 0 Å². The van der Waals surface area contributed by atoms with Gasteiger partial charge in [0.2, 0.25) is 0 Å². The average Bonchev–Trinajstić information content (AvgIpc) is 2.84. The summed E-state index contributed by atoms with van der Waals surface area (Å²) < 4.78 is 0. The number of imidazole rings is 1. The van der Waals surface area contributed by atoms with E-state index in [1.165, 1.54) is 11.3 Å². The van der Waals surface area contributed by atoms with Crippen LogP contribution in [0.1, 0.15) is 11.4 Å². The number of hydrogen-bond donors (Lipinski definition) is 2. The molecule has 0 saturated carbocycles. The van der Waals surface area contributed by atoms with Gasteiger partial charge in [-0.25, -0.2) is 4.98 Å². The zero-order valence-corrected chi connectivity index (χ0v) is 12.6. The zero-order chi connectivity index (χ0) is 14.8. The number of aromatic amines is 1. The van der Waals surface area contributed by atoms with Gasteiger partial charge in [-0.2, -0.15) is 0 Å². The first kappa shape index (κ1) is 13.5. The lowest BCUT2D eigenvalue weighted by Crippen LogP contribution is -2.08. The quantitative estimate of drug-likeness (QED) is 0.768. The molecule has 0 bridgehead atoms. The number of nitrogens with zero attached hydrogens (tertiary/aromatic N) is 2. The first-order valence-electron chi connectivity index (χ1n) is 7.08. The van der Waals surface area contributed by atoms with Gasteiger partial charge in [-0.15, -0.1) is 0 Å². The lowest BCUT2D eigenvalue weighted by Gasteiger charge is -2.13. The van der Waals surface area contributed by atoms with Gasteiger partial charge < -0.3 is 15.2 Å². The molecule has 21 heavy (non-hydrogen) atoms. The molecule has 0 aliphatic carbocycles. The summed E-state index contributed by atoms with van der Waals surface area (Å²) in [7, 11) is 4.10. The number of hydrogen-bond acceptors (Lipinski definition) is 3. The number of H-pyrrole nitrogens is 1. The highest BCUT2D eigenvalue weighted by molar-refractivity contribution is 5.79. The molecule has 1 heterocycles. The molecule has 1 aromatic heterocycles. The molecule has 2 N–H and O–H groups in total. The summed E-state index contributed by atoms with van der Waals surface area (Å²) >= 11 is 0. The Kier molecular flexibility index (Phi) is 3.52. The number of anilines is 2. The van der Waals surface area contributed by atoms with Crippen LogP contribution in [0.4, 0.5) is 11.4 Å². The first-order valence-corrected chi connectivity index (χ1v) is 7.08. The number of aryl methyl sites for hydroxylation is 1. The van der Waals surface area contributed by atoms with Crippen LogP contribution in [0.2, 0.25) is 0 Å². The van der Waals surface area contributed by atoms with Crippen molar-refractivity contribution in [2.24, 2.45) is 0 Å². The second-order valence-electron chi connectivity index (χ2n) is 5.47. The van der Waals surface area contributed by atoms with E-state index >= 15 is 0 Å². The highest BCUT2D eigenvalue weighted by Gasteiger charge is 2.01. The van der Waals surface area contributed by atoms with Crippen molar-refractivity contribution in [1.82, 2.24) is 9.97 Å². The van der Waals surface area contributed by atoms with E-state index < -0.39 is 0 Å². The maximum absolute atomic E-state index is 4.41. The maximum atomic E-state index is 4.41. The fourth-order valence-electron chi connectivity index (χ4n) is 2.36. The van der Waals surface area contributed by atoms with Gasteiger partial charge in [-0.1, -0.05) is 12.1 Å². The van der Waals surface area contributed by atoms with Crippen LogP contribution in [0.25, 0.3) is 11.0 Å². The Hall–Kier alpha value is -2.49. The normalized spacial score (nSPS) is 10.8. The van der Waals surface area contributed by atoms with Crippen molar-refractivity contribution in [2.75, 3.05) is 24.3 Å². The average molecular weight is 280 g/mol. The minimum atomic E-state index is 0.812. The fraction of sp³-hybridized carbons (Fsp3) is 0.235. The van der Waals surface area contributed by atoms with Crippen molar-refractivity contribution >= 4 is 22.4 Å². The minimum absolute atomic E-state index is 0.812. The van der Waals surface area contributed by atoms with Gasteiger partial charge in [0.05, 0.1) is 11.0 Å². The highest BCUT2D eigenvalue weighted by Crippen LogP contribution is 2.18. The molecule has 0 amide bonds. The molecule has 0 spiro atoms. The topological polar surface area (TPSA) is 44.0 Å². The maximum Gasteiger partial charge on any atom is 0.104 e. The molecule has 0 aliphatic rings. The molecule has 0 saturated heterocycles. The monoisotopic (exact) mass is 280 g/mol. The largest absolute Gasteiger partial charge is 0.381 e. The Morgan fingerprint density at radius 1 is 1.10 bits per heavy atom. The minimum Gasteiger partial charge on any atom is -0.381 e. The van der Waals surface area contributed by atoms with Crippen molar-refractivity contribution in [3.05, 3.63) is 53.9 Å². The van der Waals surface area contributed by atoms with Crippen molar-refractivity contribution in [3.8, 4) is 0 Å². The third kappa shape index (κ3) is 2.99. The molecule has 0 fully saturated rings. The van der Waals surface area contributed by atoms with Crippen LogP contribution in [-0.4, -0.2) is 24.1 Å². The Labute approximate surface area is 124 Å². The lowest BCUT2D eigenvalue weighted by molar-refractivity contribution is 1.11. The summed E-state index contributed by atoms with van der Waals surface area (Å²) in [6.07, 6.45) is 0. The summed E-state index contributed by atoms with van der Waals surface area (Å²) in [4.78, 5) is 9.77. The van der Waals surface area contributed by atoms with Gasteiger partial charge >= 0.3 is 0 Å². The Bertz CT molecular complexity index is 741. The molecule has 108 valence electrons. The van der Waals surface area contributed by atoms with Crippen LogP contribution in [0, 0.1) is 6.92 Å². The summed E-state index contributed by atoms with van der Waals surface area (Å²) in [5.74, 6) is 0.946. The van der Waals surface area contributed by atoms with E-state index in [1.54, 1.807) is 0 Å². The predicted octanol–water partition coefficient (Wildman–Crippen LogP) is 3.55.